The lowest BCUT2D eigenvalue weighted by molar-refractivity contribution is -0.384. The molecule has 1 aliphatic heterocycles. The van der Waals surface area contributed by atoms with Crippen LogP contribution in [-0.2, 0) is 11.3 Å². The van der Waals surface area contributed by atoms with Crippen LogP contribution in [0.4, 0.5) is 5.69 Å². The summed E-state index contributed by atoms with van der Waals surface area (Å²) in [6.07, 6.45) is 1.56. The maximum absolute atomic E-state index is 11.2. The van der Waals surface area contributed by atoms with Gasteiger partial charge in [0.1, 0.15) is 11.5 Å². The summed E-state index contributed by atoms with van der Waals surface area (Å²) in [6, 6.07) is 10.2. The summed E-state index contributed by atoms with van der Waals surface area (Å²) in [5.41, 5.74) is 0.810. The van der Waals surface area contributed by atoms with Crippen molar-refractivity contribution in [3.8, 4) is 11.3 Å². The van der Waals surface area contributed by atoms with Crippen molar-refractivity contribution in [2.24, 2.45) is 5.92 Å². The van der Waals surface area contributed by atoms with Gasteiger partial charge in [-0.25, -0.2) is 0 Å². The third-order valence-electron chi connectivity index (χ3n) is 4.74. The fraction of sp³-hybridized carbons (Fsp3) is 0.389. The molecule has 7 nitrogen and oxygen atoms in total. The summed E-state index contributed by atoms with van der Waals surface area (Å²) in [5.74, 6) is 0.318. The van der Waals surface area contributed by atoms with Crippen molar-refractivity contribution < 1.29 is 19.2 Å². The van der Waals surface area contributed by atoms with Gasteiger partial charge >= 0.3 is 5.97 Å². The zero-order chi connectivity index (χ0) is 18.0. The molecule has 2 unspecified atom stereocenters. The largest absolute Gasteiger partial charge is 0.481 e. The average molecular weight is 344 g/mol. The molecule has 1 fully saturated rings. The van der Waals surface area contributed by atoms with Gasteiger partial charge in [0.2, 0.25) is 0 Å². The highest BCUT2D eigenvalue weighted by Crippen LogP contribution is 2.28. The van der Waals surface area contributed by atoms with E-state index in [0.29, 0.717) is 31.3 Å². The fourth-order valence-corrected chi connectivity index (χ4v) is 3.17. The molecule has 1 saturated heterocycles. The summed E-state index contributed by atoms with van der Waals surface area (Å²) < 4.78 is 5.86. The van der Waals surface area contributed by atoms with E-state index in [4.69, 9.17) is 4.42 Å². The Morgan fingerprint density at radius 3 is 2.64 bits per heavy atom. The Kier molecular flexibility index (Phi) is 4.85. The molecule has 132 valence electrons. The second-order valence-electron chi connectivity index (χ2n) is 6.46. The number of hydrogen-bond donors (Lipinski definition) is 1. The van der Waals surface area contributed by atoms with Gasteiger partial charge in [-0.05, 0) is 44.0 Å². The van der Waals surface area contributed by atoms with E-state index in [0.717, 1.165) is 17.7 Å². The lowest BCUT2D eigenvalue weighted by Gasteiger charge is -2.35. The van der Waals surface area contributed by atoms with Crippen LogP contribution < -0.4 is 0 Å². The number of non-ortho nitro benzene ring substituents is 1. The number of likely N-dealkylation sites (tertiary alicyclic amines) is 1. The molecule has 1 aliphatic rings. The topological polar surface area (TPSA) is 96.8 Å². The molecule has 1 N–H and O–H groups in total. The third kappa shape index (κ3) is 3.88. The molecule has 2 heterocycles. The van der Waals surface area contributed by atoms with E-state index in [2.05, 4.69) is 11.8 Å². The van der Waals surface area contributed by atoms with Crippen molar-refractivity contribution in [1.82, 2.24) is 4.90 Å². The SMILES string of the molecule is CC1CCC(C(=O)O)CN1Cc1ccc(-c2ccc([N+](=O)[O-])cc2)o1. The third-order valence-corrected chi connectivity index (χ3v) is 4.74. The van der Waals surface area contributed by atoms with Crippen molar-refractivity contribution in [1.29, 1.82) is 0 Å². The number of rotatable bonds is 5. The first-order chi connectivity index (χ1) is 11.9. The molecular formula is C18H20N2O5. The van der Waals surface area contributed by atoms with Crippen LogP contribution in [0.25, 0.3) is 11.3 Å². The number of nitro benzene ring substituents is 1. The highest BCUT2D eigenvalue weighted by Gasteiger charge is 2.30. The van der Waals surface area contributed by atoms with Gasteiger partial charge < -0.3 is 9.52 Å². The van der Waals surface area contributed by atoms with Crippen LogP contribution in [0, 0.1) is 16.0 Å². The van der Waals surface area contributed by atoms with E-state index < -0.39 is 10.9 Å². The van der Waals surface area contributed by atoms with Crippen LogP contribution in [0.2, 0.25) is 0 Å². The van der Waals surface area contributed by atoms with Crippen LogP contribution in [0.5, 0.6) is 0 Å². The summed E-state index contributed by atoms with van der Waals surface area (Å²) in [7, 11) is 0. The molecule has 1 aromatic heterocycles. The number of hydrogen-bond acceptors (Lipinski definition) is 5. The lowest BCUT2D eigenvalue weighted by atomic mass is 9.93. The van der Waals surface area contributed by atoms with Gasteiger partial charge in [0.25, 0.3) is 5.69 Å². The van der Waals surface area contributed by atoms with E-state index in [1.165, 1.54) is 12.1 Å². The summed E-state index contributed by atoms with van der Waals surface area (Å²) >= 11 is 0. The predicted octanol–water partition coefficient (Wildman–Crippen LogP) is 3.54. The number of furan rings is 1. The number of carbonyl (C=O) groups is 1. The van der Waals surface area contributed by atoms with Crippen LogP contribution in [0.1, 0.15) is 25.5 Å². The van der Waals surface area contributed by atoms with Crippen molar-refractivity contribution in [3.05, 3.63) is 52.3 Å². The highest BCUT2D eigenvalue weighted by atomic mass is 16.6. The second kappa shape index (κ2) is 7.06. The normalized spacial score (nSPS) is 21.2. The molecule has 0 saturated carbocycles. The van der Waals surface area contributed by atoms with E-state index in [1.807, 2.05) is 12.1 Å². The minimum Gasteiger partial charge on any atom is -0.481 e. The van der Waals surface area contributed by atoms with Crippen molar-refractivity contribution >= 4 is 11.7 Å². The summed E-state index contributed by atoms with van der Waals surface area (Å²) in [4.78, 5) is 23.6. The van der Waals surface area contributed by atoms with Crippen LogP contribution in [0.15, 0.2) is 40.8 Å². The van der Waals surface area contributed by atoms with E-state index in [1.54, 1.807) is 12.1 Å². The maximum Gasteiger partial charge on any atom is 0.307 e. The molecule has 2 aromatic rings. The summed E-state index contributed by atoms with van der Waals surface area (Å²) in [6.45, 7) is 3.17. The smallest absolute Gasteiger partial charge is 0.307 e. The Bertz CT molecular complexity index is 768. The number of piperidine rings is 1. The number of benzene rings is 1. The van der Waals surface area contributed by atoms with Crippen LogP contribution in [0.3, 0.4) is 0 Å². The maximum atomic E-state index is 11.2. The summed E-state index contributed by atoms with van der Waals surface area (Å²) in [5, 5.41) is 19.9. The Labute approximate surface area is 145 Å². The van der Waals surface area contributed by atoms with Gasteiger partial charge in [-0.1, -0.05) is 0 Å². The van der Waals surface area contributed by atoms with Gasteiger partial charge in [-0.15, -0.1) is 0 Å². The molecule has 0 radical (unpaired) electrons. The number of nitro groups is 1. The van der Waals surface area contributed by atoms with Gasteiger partial charge in [-0.3, -0.25) is 19.8 Å². The molecular weight excluding hydrogens is 324 g/mol. The van der Waals surface area contributed by atoms with Gasteiger partial charge in [0.15, 0.2) is 0 Å². The minimum atomic E-state index is -0.747. The Morgan fingerprint density at radius 1 is 1.28 bits per heavy atom. The van der Waals surface area contributed by atoms with E-state index in [-0.39, 0.29) is 11.6 Å². The van der Waals surface area contributed by atoms with Crippen molar-refractivity contribution in [2.45, 2.75) is 32.4 Å². The van der Waals surface area contributed by atoms with Crippen molar-refractivity contribution in [3.63, 3.8) is 0 Å². The van der Waals surface area contributed by atoms with Crippen LogP contribution >= 0.6 is 0 Å². The minimum absolute atomic E-state index is 0.0392. The second-order valence-corrected chi connectivity index (χ2v) is 6.46. The first kappa shape index (κ1) is 17.2. The quantitative estimate of drug-likeness (QED) is 0.658. The molecule has 1 aromatic carbocycles. The molecule has 0 aliphatic carbocycles. The molecule has 7 heteroatoms. The van der Waals surface area contributed by atoms with Gasteiger partial charge in [0, 0.05) is 30.3 Å². The predicted molar refractivity (Wildman–Crippen MR) is 91.0 cm³/mol. The van der Waals surface area contributed by atoms with E-state index in [9.17, 15) is 20.0 Å². The molecule has 25 heavy (non-hydrogen) atoms. The fourth-order valence-electron chi connectivity index (χ4n) is 3.17. The monoisotopic (exact) mass is 344 g/mol. The molecule has 3 rings (SSSR count). The molecule has 0 spiro atoms. The van der Waals surface area contributed by atoms with Crippen molar-refractivity contribution in [2.75, 3.05) is 6.54 Å². The van der Waals surface area contributed by atoms with Gasteiger partial charge in [-0.2, -0.15) is 0 Å². The standard InChI is InChI=1S/C18H20N2O5/c1-12-2-3-14(18(21)22)10-19(12)11-16-8-9-17(25-16)13-4-6-15(7-5-13)20(23)24/h4-9,12,14H,2-3,10-11H2,1H3,(H,21,22). The molecule has 0 bridgehead atoms. The number of carboxylic acid groups (broad SMARTS) is 1. The number of aliphatic carboxylic acids is 1. The Balaban J connectivity index is 1.70. The first-order valence-electron chi connectivity index (χ1n) is 8.24. The Morgan fingerprint density at radius 2 is 2.00 bits per heavy atom. The average Bonchev–Trinajstić information content (AvgIpc) is 3.05. The van der Waals surface area contributed by atoms with Crippen LogP contribution in [-0.4, -0.2) is 33.5 Å². The Hall–Kier alpha value is -2.67. The first-order valence-corrected chi connectivity index (χ1v) is 8.24. The highest BCUT2D eigenvalue weighted by molar-refractivity contribution is 5.70. The molecule has 0 amide bonds. The van der Waals surface area contributed by atoms with E-state index >= 15 is 0 Å². The number of carboxylic acids is 1. The zero-order valence-corrected chi connectivity index (χ0v) is 13.9. The molecule has 2 atom stereocenters. The number of nitrogens with zero attached hydrogens (tertiary/aromatic N) is 2. The zero-order valence-electron chi connectivity index (χ0n) is 13.9. The lowest BCUT2D eigenvalue weighted by Crippen LogP contribution is -2.43. The van der Waals surface area contributed by atoms with Gasteiger partial charge in [0.05, 0.1) is 17.4 Å².